The van der Waals surface area contributed by atoms with Gasteiger partial charge in [0, 0.05) is 5.56 Å². The number of carbonyl (C=O) groups is 1. The topological polar surface area (TPSA) is 138 Å². The van der Waals surface area contributed by atoms with Gasteiger partial charge in [-0.1, -0.05) is 24.3 Å². The highest BCUT2D eigenvalue weighted by Crippen LogP contribution is 2.21. The molecule has 0 fully saturated rings. The van der Waals surface area contributed by atoms with Crippen molar-refractivity contribution in [1.29, 1.82) is 0 Å². The molecule has 0 spiro atoms. The molecule has 0 aliphatic rings. The van der Waals surface area contributed by atoms with Gasteiger partial charge in [0.2, 0.25) is 0 Å². The van der Waals surface area contributed by atoms with E-state index in [1.54, 1.807) is 0 Å². The zero-order valence-corrected chi connectivity index (χ0v) is 10.6. The highest BCUT2D eigenvalue weighted by Gasteiger charge is 2.34. The predicted molar refractivity (Wildman–Crippen MR) is 67.9 cm³/mol. The molecule has 20 heavy (non-hydrogen) atoms. The van der Waals surface area contributed by atoms with Crippen molar-refractivity contribution in [2.24, 2.45) is 0 Å². The van der Waals surface area contributed by atoms with Crippen LogP contribution in [0.3, 0.4) is 0 Å². The normalized spacial score (nSPS) is 18.9. The summed E-state index contributed by atoms with van der Waals surface area (Å²) in [5, 5.41) is 56.5. The summed E-state index contributed by atoms with van der Waals surface area (Å²) in [7, 11) is 0. The van der Waals surface area contributed by atoms with Crippen LogP contribution in [0.1, 0.15) is 22.0 Å². The third-order valence-corrected chi connectivity index (χ3v) is 3.02. The molecule has 0 saturated heterocycles. The van der Waals surface area contributed by atoms with Crippen LogP contribution in [0.4, 0.5) is 0 Å². The number of aliphatic hydroxyl groups is 6. The second-order valence-electron chi connectivity index (χ2n) is 4.45. The fraction of sp³-hybridized carbons (Fsp3) is 0.462. The Balaban J connectivity index is 2.78. The zero-order chi connectivity index (χ0) is 15.3. The molecule has 1 unspecified atom stereocenters. The number of carbonyl (C=O) groups excluding carboxylic acids is 1. The van der Waals surface area contributed by atoms with Crippen LogP contribution in [-0.2, 0) is 0 Å². The Bertz CT molecular complexity index is 419. The summed E-state index contributed by atoms with van der Waals surface area (Å²) >= 11 is 0. The molecule has 1 aromatic carbocycles. The van der Waals surface area contributed by atoms with Crippen LogP contribution in [0, 0.1) is 0 Å². The predicted octanol–water partition coefficient (Wildman–Crippen LogP) is -2.03. The number of hydrogen-bond donors (Lipinski definition) is 6. The van der Waals surface area contributed by atoms with Gasteiger partial charge in [0.15, 0.2) is 0 Å². The molecule has 0 heterocycles. The number of aldehydes is 1. The van der Waals surface area contributed by atoms with Crippen LogP contribution >= 0.6 is 0 Å². The summed E-state index contributed by atoms with van der Waals surface area (Å²) in [6, 6.07) is 5.62. The van der Waals surface area contributed by atoms with Crippen molar-refractivity contribution in [3.63, 3.8) is 0 Å². The van der Waals surface area contributed by atoms with E-state index in [-0.39, 0.29) is 5.56 Å². The van der Waals surface area contributed by atoms with Gasteiger partial charge in [-0.05, 0) is 5.56 Å². The molecule has 6 N–H and O–H groups in total. The highest BCUT2D eigenvalue weighted by atomic mass is 16.4. The van der Waals surface area contributed by atoms with Crippen LogP contribution in [0.15, 0.2) is 24.3 Å². The Morgan fingerprint density at radius 3 is 1.90 bits per heavy atom. The minimum absolute atomic E-state index is 0.229. The molecule has 0 radical (unpaired) electrons. The first-order chi connectivity index (χ1) is 9.42. The maximum Gasteiger partial charge on any atom is 0.150 e. The van der Waals surface area contributed by atoms with Crippen molar-refractivity contribution in [3.8, 4) is 0 Å². The zero-order valence-electron chi connectivity index (χ0n) is 10.6. The van der Waals surface area contributed by atoms with Crippen molar-refractivity contribution < 1.29 is 35.4 Å². The molecule has 0 aromatic heterocycles. The monoisotopic (exact) mass is 286 g/mol. The lowest BCUT2D eigenvalue weighted by Crippen LogP contribution is -2.47. The quantitative estimate of drug-likeness (QED) is 0.318. The molecular formula is C13H18O7. The minimum Gasteiger partial charge on any atom is -0.394 e. The van der Waals surface area contributed by atoms with E-state index in [1.165, 1.54) is 24.3 Å². The molecule has 112 valence electrons. The number of rotatable bonds is 7. The lowest BCUT2D eigenvalue weighted by Gasteiger charge is -2.28. The molecule has 7 heteroatoms. The second kappa shape index (κ2) is 7.44. The van der Waals surface area contributed by atoms with Crippen molar-refractivity contribution in [1.82, 2.24) is 0 Å². The maximum absolute atomic E-state index is 10.5. The first-order valence-electron chi connectivity index (χ1n) is 5.98. The largest absolute Gasteiger partial charge is 0.394 e. The van der Waals surface area contributed by atoms with Crippen LogP contribution in [0.5, 0.6) is 0 Å². The lowest BCUT2D eigenvalue weighted by atomic mass is 9.95. The van der Waals surface area contributed by atoms with Crippen LogP contribution in [0.2, 0.25) is 0 Å². The summed E-state index contributed by atoms with van der Waals surface area (Å²) in [5.41, 5.74) is 0.611. The van der Waals surface area contributed by atoms with E-state index >= 15 is 0 Å². The number of aliphatic hydroxyl groups excluding tert-OH is 6. The SMILES string of the molecule is O=Cc1ccc(C(O)[C@@H](O)[C@@H](O)[C@H](O)[C@@H](O)CO)cc1. The Morgan fingerprint density at radius 1 is 0.900 bits per heavy atom. The van der Waals surface area contributed by atoms with E-state index in [1.807, 2.05) is 0 Å². The fourth-order valence-electron chi connectivity index (χ4n) is 1.69. The molecule has 7 nitrogen and oxygen atoms in total. The van der Waals surface area contributed by atoms with Crippen molar-refractivity contribution in [3.05, 3.63) is 35.4 Å². The van der Waals surface area contributed by atoms with E-state index in [9.17, 15) is 30.3 Å². The molecule has 5 atom stereocenters. The molecule has 1 rings (SSSR count). The third kappa shape index (κ3) is 3.83. The molecule has 1 aromatic rings. The van der Waals surface area contributed by atoms with Gasteiger partial charge in [0.05, 0.1) is 6.61 Å². The van der Waals surface area contributed by atoms with Crippen molar-refractivity contribution >= 4 is 6.29 Å². The fourth-order valence-corrected chi connectivity index (χ4v) is 1.69. The standard InChI is InChI=1S/C13H18O7/c14-5-7-1-3-8(4-2-7)10(17)12(19)13(20)11(18)9(16)6-15/h1-5,9-13,15-20H,6H2/t9-,10?,11+,12+,13-/m0/s1. The maximum atomic E-state index is 10.5. The highest BCUT2D eigenvalue weighted by molar-refractivity contribution is 5.74. The molecule has 0 amide bonds. The average molecular weight is 286 g/mol. The Hall–Kier alpha value is -1.35. The molecule has 0 saturated carbocycles. The van der Waals surface area contributed by atoms with Gasteiger partial charge in [-0.25, -0.2) is 0 Å². The number of benzene rings is 1. The van der Waals surface area contributed by atoms with Gasteiger partial charge >= 0.3 is 0 Å². The first kappa shape index (κ1) is 16.7. The van der Waals surface area contributed by atoms with Crippen LogP contribution in [-0.4, -0.2) is 67.9 Å². The summed E-state index contributed by atoms with van der Waals surface area (Å²) in [4.78, 5) is 10.5. The van der Waals surface area contributed by atoms with E-state index in [2.05, 4.69) is 0 Å². The van der Waals surface area contributed by atoms with Gasteiger partial charge in [-0.3, -0.25) is 4.79 Å². The lowest BCUT2D eigenvalue weighted by molar-refractivity contribution is -0.141. The summed E-state index contributed by atoms with van der Waals surface area (Å²) < 4.78 is 0. The first-order valence-corrected chi connectivity index (χ1v) is 5.98. The van der Waals surface area contributed by atoms with E-state index in [0.29, 0.717) is 11.8 Å². The molecule has 0 aliphatic heterocycles. The molecular weight excluding hydrogens is 268 g/mol. The average Bonchev–Trinajstić information content (AvgIpc) is 2.51. The van der Waals surface area contributed by atoms with Crippen molar-refractivity contribution in [2.45, 2.75) is 30.5 Å². The van der Waals surface area contributed by atoms with E-state index < -0.39 is 37.1 Å². The summed E-state index contributed by atoms with van der Waals surface area (Å²) in [5.74, 6) is 0. The molecule has 0 bridgehead atoms. The summed E-state index contributed by atoms with van der Waals surface area (Å²) in [6.45, 7) is -0.797. The van der Waals surface area contributed by atoms with Gasteiger partial charge in [0.25, 0.3) is 0 Å². The second-order valence-corrected chi connectivity index (χ2v) is 4.45. The Labute approximate surface area is 115 Å². The Morgan fingerprint density at radius 2 is 1.45 bits per heavy atom. The van der Waals surface area contributed by atoms with Gasteiger partial charge in [-0.15, -0.1) is 0 Å². The minimum atomic E-state index is -1.85. The Kier molecular flexibility index (Phi) is 6.21. The van der Waals surface area contributed by atoms with E-state index in [4.69, 9.17) is 5.11 Å². The van der Waals surface area contributed by atoms with Gasteiger partial charge in [-0.2, -0.15) is 0 Å². The van der Waals surface area contributed by atoms with Crippen LogP contribution in [0.25, 0.3) is 0 Å². The van der Waals surface area contributed by atoms with E-state index in [0.717, 1.165) is 0 Å². The summed E-state index contributed by atoms with van der Waals surface area (Å²) in [6.07, 6.45) is -7.97. The van der Waals surface area contributed by atoms with Gasteiger partial charge in [0.1, 0.15) is 36.8 Å². The third-order valence-electron chi connectivity index (χ3n) is 3.02. The number of hydrogen-bond acceptors (Lipinski definition) is 7. The van der Waals surface area contributed by atoms with Crippen LogP contribution < -0.4 is 0 Å². The molecule has 0 aliphatic carbocycles. The van der Waals surface area contributed by atoms with Gasteiger partial charge < -0.3 is 30.6 Å². The smallest absolute Gasteiger partial charge is 0.150 e. The van der Waals surface area contributed by atoms with Crippen molar-refractivity contribution in [2.75, 3.05) is 6.61 Å².